The normalized spacial score (nSPS) is 24.2. The molecule has 0 aromatic carbocycles. The van der Waals surface area contributed by atoms with E-state index in [0.29, 0.717) is 0 Å². The molecule has 1 saturated heterocycles. The summed E-state index contributed by atoms with van der Waals surface area (Å²) < 4.78 is 0. The molecule has 2 heteroatoms. The minimum atomic E-state index is 0.881. The topological polar surface area (TPSA) is 15.3 Å². The Kier molecular flexibility index (Phi) is 6.66. The second kappa shape index (κ2) is 8.26. The monoisotopic (exact) mass is 266 g/mol. The van der Waals surface area contributed by atoms with Gasteiger partial charge in [-0.25, -0.2) is 0 Å². The van der Waals surface area contributed by atoms with Crippen molar-refractivity contribution < 1.29 is 0 Å². The molecule has 2 rings (SSSR count). The van der Waals surface area contributed by atoms with Crippen molar-refractivity contribution in [2.75, 3.05) is 32.7 Å². The van der Waals surface area contributed by atoms with E-state index in [4.69, 9.17) is 0 Å². The molecule has 0 radical (unpaired) electrons. The lowest BCUT2D eigenvalue weighted by molar-refractivity contribution is 0.158. The summed E-state index contributed by atoms with van der Waals surface area (Å²) in [4.78, 5) is 2.66. The third-order valence-electron chi connectivity index (χ3n) is 5.34. The highest BCUT2D eigenvalue weighted by atomic mass is 15.1. The molecule has 112 valence electrons. The molecule has 1 aliphatic carbocycles. The Balaban J connectivity index is 1.49. The van der Waals surface area contributed by atoms with Gasteiger partial charge in [-0.15, -0.1) is 0 Å². The zero-order valence-electron chi connectivity index (χ0n) is 13.2. The summed E-state index contributed by atoms with van der Waals surface area (Å²) in [5, 5.41) is 3.69. The third kappa shape index (κ3) is 5.43. The molecule has 19 heavy (non-hydrogen) atoms. The van der Waals surface area contributed by atoms with E-state index in [1.54, 1.807) is 0 Å². The summed E-state index contributed by atoms with van der Waals surface area (Å²) >= 11 is 0. The average molecular weight is 266 g/mol. The van der Waals surface area contributed by atoms with Gasteiger partial charge in [0, 0.05) is 13.1 Å². The van der Waals surface area contributed by atoms with E-state index in [9.17, 15) is 0 Å². The van der Waals surface area contributed by atoms with Crippen LogP contribution in [0.3, 0.4) is 0 Å². The Bertz CT molecular complexity index is 225. The first-order chi connectivity index (χ1) is 9.25. The Hall–Kier alpha value is -0.0800. The van der Waals surface area contributed by atoms with Gasteiger partial charge in [-0.3, -0.25) is 0 Å². The van der Waals surface area contributed by atoms with Crippen molar-refractivity contribution in [1.82, 2.24) is 10.2 Å². The summed E-state index contributed by atoms with van der Waals surface area (Å²) in [6.45, 7) is 11.1. The molecule has 1 aliphatic heterocycles. The first kappa shape index (κ1) is 15.3. The minimum absolute atomic E-state index is 0.881. The van der Waals surface area contributed by atoms with E-state index in [1.807, 2.05) is 0 Å². The average Bonchev–Trinajstić information content (AvgIpc) is 2.45. The summed E-state index contributed by atoms with van der Waals surface area (Å²) in [6, 6.07) is 0. The third-order valence-corrected chi connectivity index (χ3v) is 5.34. The van der Waals surface area contributed by atoms with Crippen LogP contribution in [0, 0.1) is 17.8 Å². The van der Waals surface area contributed by atoms with E-state index in [1.165, 1.54) is 77.7 Å². The van der Waals surface area contributed by atoms with Crippen LogP contribution in [0.1, 0.15) is 58.8 Å². The number of nitrogens with one attached hydrogen (secondary N) is 1. The SMILES string of the molecule is CC(C)C1CCN(CCNCC2CCCCC2)CC1. The Morgan fingerprint density at radius 2 is 1.68 bits per heavy atom. The van der Waals surface area contributed by atoms with Crippen LogP contribution in [-0.2, 0) is 0 Å². The number of hydrogen-bond donors (Lipinski definition) is 1. The van der Waals surface area contributed by atoms with Crippen molar-refractivity contribution in [1.29, 1.82) is 0 Å². The van der Waals surface area contributed by atoms with Crippen molar-refractivity contribution in [2.45, 2.75) is 58.8 Å². The van der Waals surface area contributed by atoms with Gasteiger partial charge in [-0.05, 0) is 63.1 Å². The molecule has 0 aromatic rings. The van der Waals surface area contributed by atoms with E-state index < -0.39 is 0 Å². The molecule has 0 aromatic heterocycles. The maximum Gasteiger partial charge on any atom is 0.0107 e. The predicted molar refractivity (Wildman–Crippen MR) is 83.4 cm³/mol. The highest BCUT2D eigenvalue weighted by Gasteiger charge is 2.21. The van der Waals surface area contributed by atoms with Crippen molar-refractivity contribution in [3.8, 4) is 0 Å². The fourth-order valence-electron chi connectivity index (χ4n) is 3.78. The van der Waals surface area contributed by atoms with Gasteiger partial charge in [-0.2, -0.15) is 0 Å². The summed E-state index contributed by atoms with van der Waals surface area (Å²) in [5.41, 5.74) is 0. The van der Waals surface area contributed by atoms with Gasteiger partial charge in [0.15, 0.2) is 0 Å². The van der Waals surface area contributed by atoms with E-state index in [0.717, 1.165) is 17.8 Å². The zero-order chi connectivity index (χ0) is 13.5. The van der Waals surface area contributed by atoms with Crippen LogP contribution >= 0.6 is 0 Å². The van der Waals surface area contributed by atoms with Gasteiger partial charge in [-0.1, -0.05) is 33.1 Å². The number of hydrogen-bond acceptors (Lipinski definition) is 2. The molecular weight excluding hydrogens is 232 g/mol. The van der Waals surface area contributed by atoms with Crippen LogP contribution in [0.2, 0.25) is 0 Å². The Labute approximate surface area is 120 Å². The number of likely N-dealkylation sites (tertiary alicyclic amines) is 1. The highest BCUT2D eigenvalue weighted by molar-refractivity contribution is 4.75. The quantitative estimate of drug-likeness (QED) is 0.740. The van der Waals surface area contributed by atoms with Crippen LogP contribution in [-0.4, -0.2) is 37.6 Å². The van der Waals surface area contributed by atoms with Gasteiger partial charge in [0.2, 0.25) is 0 Å². The highest BCUT2D eigenvalue weighted by Crippen LogP contribution is 2.24. The molecular formula is C17H34N2. The van der Waals surface area contributed by atoms with E-state index in [2.05, 4.69) is 24.1 Å². The Morgan fingerprint density at radius 1 is 1.00 bits per heavy atom. The molecule has 2 aliphatic rings. The first-order valence-electron chi connectivity index (χ1n) is 8.69. The van der Waals surface area contributed by atoms with E-state index >= 15 is 0 Å². The van der Waals surface area contributed by atoms with Crippen LogP contribution in [0.5, 0.6) is 0 Å². The molecule has 0 amide bonds. The number of piperidine rings is 1. The smallest absolute Gasteiger partial charge is 0.0107 e. The number of rotatable bonds is 6. The molecule has 2 nitrogen and oxygen atoms in total. The second-order valence-electron chi connectivity index (χ2n) is 7.13. The van der Waals surface area contributed by atoms with Crippen molar-refractivity contribution in [2.24, 2.45) is 17.8 Å². The van der Waals surface area contributed by atoms with Crippen molar-refractivity contribution in [3.05, 3.63) is 0 Å². The summed E-state index contributed by atoms with van der Waals surface area (Å²) in [7, 11) is 0. The molecule has 0 unspecified atom stereocenters. The molecule has 0 atom stereocenters. The fraction of sp³-hybridized carbons (Fsp3) is 1.00. The maximum atomic E-state index is 3.69. The maximum absolute atomic E-state index is 3.69. The lowest BCUT2D eigenvalue weighted by Crippen LogP contribution is -2.40. The lowest BCUT2D eigenvalue weighted by Gasteiger charge is -2.34. The number of nitrogens with zero attached hydrogens (tertiary/aromatic N) is 1. The van der Waals surface area contributed by atoms with Gasteiger partial charge >= 0.3 is 0 Å². The van der Waals surface area contributed by atoms with Gasteiger partial charge in [0.05, 0.1) is 0 Å². The molecule has 0 spiro atoms. The standard InChI is InChI=1S/C17H34N2/c1-15(2)17-8-11-19(12-9-17)13-10-18-14-16-6-4-3-5-7-16/h15-18H,3-14H2,1-2H3. The van der Waals surface area contributed by atoms with Gasteiger partial charge in [0.25, 0.3) is 0 Å². The fourth-order valence-corrected chi connectivity index (χ4v) is 3.78. The molecule has 1 saturated carbocycles. The van der Waals surface area contributed by atoms with Crippen LogP contribution in [0.15, 0.2) is 0 Å². The molecule has 2 fully saturated rings. The molecule has 1 N–H and O–H groups in total. The predicted octanol–water partition coefficient (Wildman–Crippen LogP) is 3.52. The van der Waals surface area contributed by atoms with E-state index in [-0.39, 0.29) is 0 Å². The molecule has 0 bridgehead atoms. The van der Waals surface area contributed by atoms with Gasteiger partial charge < -0.3 is 10.2 Å². The van der Waals surface area contributed by atoms with Crippen LogP contribution < -0.4 is 5.32 Å². The summed E-state index contributed by atoms with van der Waals surface area (Å²) in [5.74, 6) is 2.83. The minimum Gasteiger partial charge on any atom is -0.315 e. The Morgan fingerprint density at radius 3 is 2.32 bits per heavy atom. The van der Waals surface area contributed by atoms with Crippen LogP contribution in [0.25, 0.3) is 0 Å². The molecule has 1 heterocycles. The van der Waals surface area contributed by atoms with Gasteiger partial charge in [0.1, 0.15) is 0 Å². The lowest BCUT2D eigenvalue weighted by atomic mass is 9.87. The summed E-state index contributed by atoms with van der Waals surface area (Å²) in [6.07, 6.45) is 10.2. The first-order valence-corrected chi connectivity index (χ1v) is 8.69. The van der Waals surface area contributed by atoms with Crippen LogP contribution in [0.4, 0.5) is 0 Å². The van der Waals surface area contributed by atoms with Crippen molar-refractivity contribution in [3.63, 3.8) is 0 Å². The largest absolute Gasteiger partial charge is 0.315 e. The second-order valence-corrected chi connectivity index (χ2v) is 7.13. The zero-order valence-corrected chi connectivity index (χ0v) is 13.2. The van der Waals surface area contributed by atoms with Crippen molar-refractivity contribution >= 4 is 0 Å².